The number of methoxy groups -OCH3 is 1. The standard InChI is InChI=1S/C12H15NO2/c1-15-12(14)11-8-7-10(13-11)9-5-3-2-4-6-9/h2-6,10-11,13H,7-8H2,1H3. The van der Waals surface area contributed by atoms with Crippen molar-refractivity contribution in [2.24, 2.45) is 0 Å². The molecule has 80 valence electrons. The normalized spacial score (nSPS) is 25.1. The lowest BCUT2D eigenvalue weighted by Gasteiger charge is -2.12. The fraction of sp³-hybridized carbons (Fsp3) is 0.417. The van der Waals surface area contributed by atoms with E-state index in [0.717, 1.165) is 12.8 Å². The van der Waals surface area contributed by atoms with Gasteiger partial charge >= 0.3 is 5.97 Å². The van der Waals surface area contributed by atoms with Crippen LogP contribution in [0.5, 0.6) is 0 Å². The lowest BCUT2D eigenvalue weighted by atomic mass is 10.1. The molecule has 0 radical (unpaired) electrons. The lowest BCUT2D eigenvalue weighted by molar-refractivity contribution is -0.142. The van der Waals surface area contributed by atoms with E-state index in [1.807, 2.05) is 18.2 Å². The fourth-order valence-electron chi connectivity index (χ4n) is 2.02. The molecule has 2 rings (SSSR count). The lowest BCUT2D eigenvalue weighted by Crippen LogP contribution is -2.33. The zero-order valence-electron chi connectivity index (χ0n) is 8.77. The van der Waals surface area contributed by atoms with E-state index in [0.29, 0.717) is 0 Å². The van der Waals surface area contributed by atoms with Crippen LogP contribution in [0.15, 0.2) is 30.3 Å². The van der Waals surface area contributed by atoms with Gasteiger partial charge in [-0.2, -0.15) is 0 Å². The van der Waals surface area contributed by atoms with Crippen molar-refractivity contribution in [2.45, 2.75) is 24.9 Å². The second-order valence-corrected chi connectivity index (χ2v) is 3.78. The SMILES string of the molecule is COC(=O)C1CCC(c2ccccc2)N1. The Hall–Kier alpha value is -1.35. The molecule has 2 unspecified atom stereocenters. The molecular formula is C12H15NO2. The van der Waals surface area contributed by atoms with Crippen LogP contribution < -0.4 is 5.32 Å². The number of ether oxygens (including phenoxy) is 1. The minimum atomic E-state index is -0.159. The summed E-state index contributed by atoms with van der Waals surface area (Å²) in [5.41, 5.74) is 1.24. The van der Waals surface area contributed by atoms with Gasteiger partial charge in [-0.1, -0.05) is 30.3 Å². The first-order valence-electron chi connectivity index (χ1n) is 5.20. The van der Waals surface area contributed by atoms with Crippen LogP contribution in [-0.2, 0) is 9.53 Å². The van der Waals surface area contributed by atoms with Gasteiger partial charge in [0, 0.05) is 6.04 Å². The van der Waals surface area contributed by atoms with Crippen molar-refractivity contribution in [3.8, 4) is 0 Å². The maximum absolute atomic E-state index is 11.3. The van der Waals surface area contributed by atoms with Crippen LogP contribution in [-0.4, -0.2) is 19.1 Å². The van der Waals surface area contributed by atoms with Gasteiger partial charge in [-0.05, 0) is 18.4 Å². The van der Waals surface area contributed by atoms with E-state index in [2.05, 4.69) is 17.4 Å². The third-order valence-corrected chi connectivity index (χ3v) is 2.83. The first kappa shape index (κ1) is 10.2. The van der Waals surface area contributed by atoms with Gasteiger partial charge in [0.2, 0.25) is 0 Å². The monoisotopic (exact) mass is 205 g/mol. The number of carbonyl (C=O) groups excluding carboxylic acids is 1. The highest BCUT2D eigenvalue weighted by atomic mass is 16.5. The number of nitrogens with one attached hydrogen (secondary N) is 1. The summed E-state index contributed by atoms with van der Waals surface area (Å²) >= 11 is 0. The summed E-state index contributed by atoms with van der Waals surface area (Å²) in [5.74, 6) is -0.159. The van der Waals surface area contributed by atoms with Crippen LogP contribution >= 0.6 is 0 Å². The quantitative estimate of drug-likeness (QED) is 0.746. The largest absolute Gasteiger partial charge is 0.468 e. The number of benzene rings is 1. The number of hydrogen-bond acceptors (Lipinski definition) is 3. The Morgan fingerprint density at radius 3 is 2.73 bits per heavy atom. The number of hydrogen-bond donors (Lipinski definition) is 1. The number of carbonyl (C=O) groups is 1. The third kappa shape index (κ3) is 2.18. The summed E-state index contributed by atoms with van der Waals surface area (Å²) in [4.78, 5) is 11.3. The Bertz CT molecular complexity index is 337. The molecule has 1 aromatic rings. The summed E-state index contributed by atoms with van der Waals surface area (Å²) in [6.07, 6.45) is 1.84. The van der Waals surface area contributed by atoms with Crippen molar-refractivity contribution >= 4 is 5.97 Å². The average molecular weight is 205 g/mol. The summed E-state index contributed by atoms with van der Waals surface area (Å²) in [7, 11) is 1.43. The van der Waals surface area contributed by atoms with E-state index in [1.165, 1.54) is 12.7 Å². The Balaban J connectivity index is 2.02. The molecule has 0 amide bonds. The average Bonchev–Trinajstić information content (AvgIpc) is 2.78. The zero-order chi connectivity index (χ0) is 10.7. The van der Waals surface area contributed by atoms with Crippen molar-refractivity contribution in [2.75, 3.05) is 7.11 Å². The summed E-state index contributed by atoms with van der Waals surface area (Å²) in [5, 5.41) is 3.28. The van der Waals surface area contributed by atoms with E-state index in [9.17, 15) is 4.79 Å². The van der Waals surface area contributed by atoms with Crippen LogP contribution in [0.2, 0.25) is 0 Å². The molecule has 0 spiro atoms. The number of rotatable bonds is 2. The van der Waals surface area contributed by atoms with Crippen molar-refractivity contribution < 1.29 is 9.53 Å². The molecule has 0 saturated carbocycles. The smallest absolute Gasteiger partial charge is 0.322 e. The van der Waals surface area contributed by atoms with E-state index in [4.69, 9.17) is 4.74 Å². The maximum atomic E-state index is 11.3. The summed E-state index contributed by atoms with van der Waals surface area (Å²) in [6.45, 7) is 0. The zero-order valence-corrected chi connectivity index (χ0v) is 8.77. The van der Waals surface area contributed by atoms with E-state index >= 15 is 0 Å². The molecule has 0 aromatic heterocycles. The van der Waals surface area contributed by atoms with Crippen LogP contribution in [0.4, 0.5) is 0 Å². The highest BCUT2D eigenvalue weighted by Gasteiger charge is 2.30. The van der Waals surface area contributed by atoms with Gasteiger partial charge in [0.05, 0.1) is 7.11 Å². The minimum absolute atomic E-state index is 0.139. The Morgan fingerprint density at radius 2 is 2.07 bits per heavy atom. The molecule has 1 saturated heterocycles. The molecule has 1 aromatic carbocycles. The fourth-order valence-corrected chi connectivity index (χ4v) is 2.02. The topological polar surface area (TPSA) is 38.3 Å². The van der Waals surface area contributed by atoms with Crippen LogP contribution in [0, 0.1) is 0 Å². The number of esters is 1. The van der Waals surface area contributed by atoms with Gasteiger partial charge in [-0.25, -0.2) is 0 Å². The van der Waals surface area contributed by atoms with Crippen molar-refractivity contribution in [1.29, 1.82) is 0 Å². The molecule has 0 bridgehead atoms. The van der Waals surface area contributed by atoms with Gasteiger partial charge in [-0.3, -0.25) is 10.1 Å². The molecule has 15 heavy (non-hydrogen) atoms. The van der Waals surface area contributed by atoms with Gasteiger partial charge in [0.15, 0.2) is 0 Å². The summed E-state index contributed by atoms with van der Waals surface area (Å²) in [6, 6.07) is 10.3. The Kier molecular flexibility index (Phi) is 3.02. The second kappa shape index (κ2) is 4.45. The van der Waals surface area contributed by atoms with Gasteiger partial charge < -0.3 is 4.74 Å². The predicted octanol–water partition coefficient (Wildman–Crippen LogP) is 1.65. The van der Waals surface area contributed by atoms with E-state index < -0.39 is 0 Å². The van der Waals surface area contributed by atoms with Crippen molar-refractivity contribution in [3.63, 3.8) is 0 Å². The highest BCUT2D eigenvalue weighted by molar-refractivity contribution is 5.76. The maximum Gasteiger partial charge on any atom is 0.322 e. The summed E-state index contributed by atoms with van der Waals surface area (Å²) < 4.78 is 4.72. The molecule has 3 nitrogen and oxygen atoms in total. The molecule has 3 heteroatoms. The van der Waals surface area contributed by atoms with Crippen molar-refractivity contribution in [1.82, 2.24) is 5.32 Å². The molecule has 1 aliphatic heterocycles. The van der Waals surface area contributed by atoms with E-state index in [1.54, 1.807) is 0 Å². The third-order valence-electron chi connectivity index (χ3n) is 2.83. The molecular weight excluding hydrogens is 190 g/mol. The van der Waals surface area contributed by atoms with Crippen LogP contribution in [0.3, 0.4) is 0 Å². The van der Waals surface area contributed by atoms with Crippen LogP contribution in [0.25, 0.3) is 0 Å². The van der Waals surface area contributed by atoms with Gasteiger partial charge in [0.1, 0.15) is 6.04 Å². The Morgan fingerprint density at radius 1 is 1.33 bits per heavy atom. The van der Waals surface area contributed by atoms with Crippen LogP contribution in [0.1, 0.15) is 24.4 Å². The van der Waals surface area contributed by atoms with E-state index in [-0.39, 0.29) is 18.1 Å². The first-order valence-corrected chi connectivity index (χ1v) is 5.20. The molecule has 0 aliphatic carbocycles. The van der Waals surface area contributed by atoms with Gasteiger partial charge in [0.25, 0.3) is 0 Å². The molecule has 2 atom stereocenters. The van der Waals surface area contributed by atoms with Gasteiger partial charge in [-0.15, -0.1) is 0 Å². The Labute approximate surface area is 89.4 Å². The molecule has 1 N–H and O–H groups in total. The first-order chi connectivity index (χ1) is 7.31. The van der Waals surface area contributed by atoms with Crippen molar-refractivity contribution in [3.05, 3.63) is 35.9 Å². The minimum Gasteiger partial charge on any atom is -0.468 e. The predicted molar refractivity (Wildman–Crippen MR) is 57.4 cm³/mol. The second-order valence-electron chi connectivity index (χ2n) is 3.78. The highest BCUT2D eigenvalue weighted by Crippen LogP contribution is 2.26. The molecule has 1 fully saturated rings. The molecule has 1 heterocycles. The molecule has 1 aliphatic rings.